The standard InChI is InChI=1S/C17H19NO6/c1-9(19)14-13(21)8-17(3,22)16(10(2)20)15(14)11-5-4-6-12(7-11)18(23)24/h4-7,14-16,22H,8H2,1-3H3. The third kappa shape index (κ3) is 3.12. The molecule has 0 radical (unpaired) electrons. The zero-order valence-corrected chi connectivity index (χ0v) is 13.7. The molecule has 1 saturated carbocycles. The molecule has 0 aromatic heterocycles. The van der Waals surface area contributed by atoms with Gasteiger partial charge in [-0.05, 0) is 26.3 Å². The summed E-state index contributed by atoms with van der Waals surface area (Å²) in [6.07, 6.45) is -0.299. The molecule has 0 saturated heterocycles. The Balaban J connectivity index is 2.67. The zero-order valence-electron chi connectivity index (χ0n) is 13.7. The summed E-state index contributed by atoms with van der Waals surface area (Å²) < 4.78 is 0. The van der Waals surface area contributed by atoms with Crippen LogP contribution in [0.3, 0.4) is 0 Å². The van der Waals surface area contributed by atoms with E-state index in [0.717, 1.165) is 0 Å². The molecule has 0 aliphatic heterocycles. The van der Waals surface area contributed by atoms with Crippen LogP contribution in [0.15, 0.2) is 24.3 Å². The van der Waals surface area contributed by atoms with Crippen LogP contribution in [0.4, 0.5) is 5.69 Å². The molecule has 4 unspecified atom stereocenters. The number of hydrogen-bond acceptors (Lipinski definition) is 6. The van der Waals surface area contributed by atoms with Gasteiger partial charge in [0.15, 0.2) is 0 Å². The van der Waals surface area contributed by atoms with Crippen molar-refractivity contribution in [3.8, 4) is 0 Å². The highest BCUT2D eigenvalue weighted by molar-refractivity contribution is 6.05. The van der Waals surface area contributed by atoms with Gasteiger partial charge in [0.1, 0.15) is 17.3 Å². The average molecular weight is 333 g/mol. The van der Waals surface area contributed by atoms with Crippen LogP contribution < -0.4 is 0 Å². The lowest BCUT2D eigenvalue weighted by atomic mass is 9.60. The molecule has 7 nitrogen and oxygen atoms in total. The van der Waals surface area contributed by atoms with Crippen LogP contribution in [0.2, 0.25) is 0 Å². The molecule has 7 heteroatoms. The number of nitrogens with zero attached hydrogens (tertiary/aromatic N) is 1. The van der Waals surface area contributed by atoms with E-state index >= 15 is 0 Å². The second-order valence-electron chi connectivity index (χ2n) is 6.55. The van der Waals surface area contributed by atoms with Crippen molar-refractivity contribution in [2.45, 2.75) is 38.7 Å². The van der Waals surface area contributed by atoms with Gasteiger partial charge in [0, 0.05) is 24.5 Å². The third-order valence-electron chi connectivity index (χ3n) is 4.61. The van der Waals surface area contributed by atoms with E-state index in [1.807, 2.05) is 0 Å². The van der Waals surface area contributed by atoms with Crippen LogP contribution in [-0.2, 0) is 14.4 Å². The summed E-state index contributed by atoms with van der Waals surface area (Å²) in [5.41, 5.74) is -1.47. The van der Waals surface area contributed by atoms with Crippen LogP contribution in [-0.4, -0.2) is 33.0 Å². The molecule has 1 aromatic rings. The average Bonchev–Trinajstić information content (AvgIpc) is 2.44. The first-order chi connectivity index (χ1) is 11.1. The number of rotatable bonds is 4. The first-order valence-corrected chi connectivity index (χ1v) is 7.56. The van der Waals surface area contributed by atoms with E-state index in [4.69, 9.17) is 0 Å². The summed E-state index contributed by atoms with van der Waals surface area (Å²) in [6, 6.07) is 5.52. The van der Waals surface area contributed by atoms with E-state index in [9.17, 15) is 29.6 Å². The van der Waals surface area contributed by atoms with E-state index < -0.39 is 39.8 Å². The van der Waals surface area contributed by atoms with Crippen LogP contribution >= 0.6 is 0 Å². The highest BCUT2D eigenvalue weighted by Crippen LogP contribution is 2.46. The van der Waals surface area contributed by atoms with Gasteiger partial charge in [0.05, 0.1) is 22.4 Å². The number of carbonyl (C=O) groups excluding carboxylic acids is 3. The van der Waals surface area contributed by atoms with Gasteiger partial charge in [-0.15, -0.1) is 0 Å². The summed E-state index contributed by atoms with van der Waals surface area (Å²) in [6.45, 7) is 3.93. The largest absolute Gasteiger partial charge is 0.389 e. The molecule has 1 aliphatic carbocycles. The van der Waals surface area contributed by atoms with Gasteiger partial charge in [-0.2, -0.15) is 0 Å². The monoisotopic (exact) mass is 333 g/mol. The highest BCUT2D eigenvalue weighted by atomic mass is 16.6. The quantitative estimate of drug-likeness (QED) is 0.510. The van der Waals surface area contributed by atoms with E-state index in [2.05, 4.69) is 0 Å². The minimum atomic E-state index is -1.61. The van der Waals surface area contributed by atoms with Gasteiger partial charge >= 0.3 is 0 Å². The molecule has 1 aliphatic rings. The summed E-state index contributed by atoms with van der Waals surface area (Å²) >= 11 is 0. The Morgan fingerprint density at radius 3 is 2.42 bits per heavy atom. The van der Waals surface area contributed by atoms with Crippen molar-refractivity contribution in [2.75, 3.05) is 0 Å². The number of benzene rings is 1. The molecule has 1 fully saturated rings. The van der Waals surface area contributed by atoms with Crippen LogP contribution in [0.1, 0.15) is 38.7 Å². The van der Waals surface area contributed by atoms with Gasteiger partial charge in [-0.1, -0.05) is 12.1 Å². The molecule has 0 amide bonds. The minimum absolute atomic E-state index is 0.199. The molecule has 4 atom stereocenters. The molecule has 128 valence electrons. The second kappa shape index (κ2) is 6.24. The molecular formula is C17H19NO6. The van der Waals surface area contributed by atoms with Gasteiger partial charge in [-0.3, -0.25) is 24.5 Å². The predicted molar refractivity (Wildman–Crippen MR) is 84.4 cm³/mol. The van der Waals surface area contributed by atoms with Gasteiger partial charge < -0.3 is 5.11 Å². The molecule has 0 spiro atoms. The van der Waals surface area contributed by atoms with Crippen molar-refractivity contribution in [2.24, 2.45) is 11.8 Å². The fourth-order valence-corrected chi connectivity index (χ4v) is 3.75. The number of Topliss-reactive ketones (excluding diaryl/α,β-unsaturated/α-hetero) is 3. The van der Waals surface area contributed by atoms with Crippen LogP contribution in [0.5, 0.6) is 0 Å². The fraction of sp³-hybridized carbons (Fsp3) is 0.471. The smallest absolute Gasteiger partial charge is 0.269 e. The number of aliphatic hydroxyl groups is 1. The zero-order chi connectivity index (χ0) is 18.2. The van der Waals surface area contributed by atoms with Crippen molar-refractivity contribution >= 4 is 23.0 Å². The third-order valence-corrected chi connectivity index (χ3v) is 4.61. The topological polar surface area (TPSA) is 115 Å². The number of nitro benzene ring substituents is 1. The van der Waals surface area contributed by atoms with Crippen molar-refractivity contribution in [3.05, 3.63) is 39.9 Å². The number of carbonyl (C=O) groups is 3. The van der Waals surface area contributed by atoms with Crippen LogP contribution in [0, 0.1) is 22.0 Å². The van der Waals surface area contributed by atoms with E-state index in [-0.39, 0.29) is 17.9 Å². The molecular weight excluding hydrogens is 314 g/mol. The maximum absolute atomic E-state index is 12.4. The predicted octanol–water partition coefficient (Wildman–Crippen LogP) is 1.81. The lowest BCUT2D eigenvalue weighted by molar-refractivity contribution is -0.385. The van der Waals surface area contributed by atoms with Crippen molar-refractivity contribution < 1.29 is 24.4 Å². The number of hydrogen-bond donors (Lipinski definition) is 1. The maximum Gasteiger partial charge on any atom is 0.269 e. The normalized spacial score (nSPS) is 30.0. The Kier molecular flexibility index (Phi) is 4.66. The van der Waals surface area contributed by atoms with Gasteiger partial charge in [0.2, 0.25) is 0 Å². The molecule has 2 rings (SSSR count). The summed E-state index contributed by atoms with van der Waals surface area (Å²) in [5, 5.41) is 21.6. The van der Waals surface area contributed by atoms with E-state index in [1.165, 1.54) is 45.0 Å². The second-order valence-corrected chi connectivity index (χ2v) is 6.55. The summed E-state index contributed by atoms with van der Waals surface area (Å²) in [5.74, 6) is -4.25. The van der Waals surface area contributed by atoms with Gasteiger partial charge in [0.25, 0.3) is 5.69 Å². The Hall–Kier alpha value is -2.41. The summed E-state index contributed by atoms with van der Waals surface area (Å²) in [7, 11) is 0. The summed E-state index contributed by atoms with van der Waals surface area (Å²) in [4.78, 5) is 47.0. The lowest BCUT2D eigenvalue weighted by Crippen LogP contribution is -2.53. The highest BCUT2D eigenvalue weighted by Gasteiger charge is 2.53. The Morgan fingerprint density at radius 1 is 1.29 bits per heavy atom. The Morgan fingerprint density at radius 2 is 1.92 bits per heavy atom. The van der Waals surface area contributed by atoms with E-state index in [1.54, 1.807) is 0 Å². The molecule has 0 bridgehead atoms. The number of ketones is 3. The maximum atomic E-state index is 12.4. The minimum Gasteiger partial charge on any atom is -0.389 e. The molecule has 1 aromatic carbocycles. The first kappa shape index (κ1) is 17.9. The van der Waals surface area contributed by atoms with Crippen molar-refractivity contribution in [1.82, 2.24) is 0 Å². The molecule has 1 N–H and O–H groups in total. The SMILES string of the molecule is CC(=O)C1C(=O)CC(C)(O)C(C(C)=O)C1c1cccc([N+](=O)[O-])c1. The lowest BCUT2D eigenvalue weighted by Gasteiger charge is -2.44. The number of non-ortho nitro benzene ring substituents is 1. The van der Waals surface area contributed by atoms with Gasteiger partial charge in [-0.25, -0.2) is 0 Å². The van der Waals surface area contributed by atoms with Crippen LogP contribution in [0.25, 0.3) is 0 Å². The fourth-order valence-electron chi connectivity index (χ4n) is 3.75. The first-order valence-electron chi connectivity index (χ1n) is 7.56. The Bertz CT molecular complexity index is 724. The van der Waals surface area contributed by atoms with E-state index in [0.29, 0.717) is 5.56 Å². The molecule has 0 heterocycles. The molecule has 24 heavy (non-hydrogen) atoms. The van der Waals surface area contributed by atoms with Crippen molar-refractivity contribution in [3.63, 3.8) is 0 Å². The van der Waals surface area contributed by atoms with Crippen molar-refractivity contribution in [1.29, 1.82) is 0 Å². The Labute approximate surface area is 138 Å². The number of nitro groups is 1.